The van der Waals surface area contributed by atoms with Crippen molar-refractivity contribution < 1.29 is 14.0 Å². The van der Waals surface area contributed by atoms with Gasteiger partial charge in [0.2, 0.25) is 11.8 Å². The molecule has 0 radical (unpaired) electrons. The molecule has 1 aliphatic heterocycles. The number of piperazine rings is 1. The second kappa shape index (κ2) is 8.71. The van der Waals surface area contributed by atoms with Gasteiger partial charge in [0.25, 0.3) is 0 Å². The van der Waals surface area contributed by atoms with Gasteiger partial charge in [-0.3, -0.25) is 9.59 Å². The van der Waals surface area contributed by atoms with E-state index in [2.05, 4.69) is 10.2 Å². The third-order valence-electron chi connectivity index (χ3n) is 5.77. The van der Waals surface area contributed by atoms with E-state index in [1.807, 2.05) is 18.7 Å². The lowest BCUT2D eigenvalue weighted by atomic mass is 9.90. The highest BCUT2D eigenvalue weighted by molar-refractivity contribution is 7.15. The summed E-state index contributed by atoms with van der Waals surface area (Å²) in [7, 11) is 0. The van der Waals surface area contributed by atoms with Crippen LogP contribution in [0.4, 0.5) is 15.2 Å². The van der Waals surface area contributed by atoms with E-state index in [9.17, 15) is 14.0 Å². The highest BCUT2D eigenvalue weighted by atomic mass is 32.1. The molecule has 0 unspecified atom stereocenters. The van der Waals surface area contributed by atoms with Gasteiger partial charge in [0.1, 0.15) is 5.82 Å². The van der Waals surface area contributed by atoms with E-state index in [0.717, 1.165) is 49.8 Å². The molecule has 4 rings (SSSR count). The predicted molar refractivity (Wildman–Crippen MR) is 116 cm³/mol. The highest BCUT2D eigenvalue weighted by Crippen LogP contribution is 2.35. The Kier molecular flexibility index (Phi) is 6.04. The smallest absolute Gasteiger partial charge is 0.227 e. The van der Waals surface area contributed by atoms with Crippen LogP contribution in [-0.2, 0) is 22.4 Å². The average molecular weight is 431 g/mol. The Bertz CT molecular complexity index is 920. The van der Waals surface area contributed by atoms with Gasteiger partial charge in [-0.2, -0.15) is 0 Å². The molecule has 30 heavy (non-hydrogen) atoms. The van der Waals surface area contributed by atoms with Crippen LogP contribution in [0.1, 0.15) is 30.8 Å². The van der Waals surface area contributed by atoms with Crippen molar-refractivity contribution in [2.75, 3.05) is 36.4 Å². The van der Waals surface area contributed by atoms with Crippen LogP contribution in [0, 0.1) is 17.7 Å². The van der Waals surface area contributed by atoms with Crippen LogP contribution in [0.3, 0.4) is 0 Å². The minimum atomic E-state index is -0.318. The normalized spacial score (nSPS) is 19.0. The number of aryl methyl sites for hydroxylation is 1. The molecule has 160 valence electrons. The summed E-state index contributed by atoms with van der Waals surface area (Å²) in [6.07, 6.45) is 2.24. The topological polar surface area (TPSA) is 65.5 Å². The quantitative estimate of drug-likeness (QED) is 0.808. The Balaban J connectivity index is 1.36. The van der Waals surface area contributed by atoms with E-state index in [4.69, 9.17) is 4.98 Å². The third-order valence-corrected chi connectivity index (χ3v) is 6.95. The number of aromatic nitrogens is 1. The molecular weight excluding hydrogens is 403 g/mol. The maximum absolute atomic E-state index is 13.1. The van der Waals surface area contributed by atoms with Gasteiger partial charge in [-0.1, -0.05) is 13.8 Å². The molecule has 0 saturated carbocycles. The second-order valence-corrected chi connectivity index (χ2v) is 9.33. The van der Waals surface area contributed by atoms with Crippen LogP contribution in [0.25, 0.3) is 0 Å². The van der Waals surface area contributed by atoms with Crippen molar-refractivity contribution in [1.29, 1.82) is 0 Å². The molecule has 0 spiro atoms. The summed E-state index contributed by atoms with van der Waals surface area (Å²) in [6.45, 7) is 6.91. The van der Waals surface area contributed by atoms with Gasteiger partial charge >= 0.3 is 0 Å². The molecule has 1 aliphatic carbocycles. The number of thiazole rings is 1. The monoisotopic (exact) mass is 430 g/mol. The van der Waals surface area contributed by atoms with Crippen LogP contribution in [0.5, 0.6) is 0 Å². The van der Waals surface area contributed by atoms with Crippen molar-refractivity contribution in [3.8, 4) is 0 Å². The van der Waals surface area contributed by atoms with Crippen molar-refractivity contribution in [3.05, 3.63) is 40.7 Å². The number of benzene rings is 1. The first kappa shape index (κ1) is 20.8. The fraction of sp³-hybridized carbons (Fsp3) is 0.500. The Morgan fingerprint density at radius 1 is 1.17 bits per heavy atom. The van der Waals surface area contributed by atoms with E-state index >= 15 is 0 Å². The molecule has 2 heterocycles. The average Bonchev–Trinajstić information content (AvgIpc) is 3.18. The molecule has 1 fully saturated rings. The molecule has 1 atom stereocenters. The van der Waals surface area contributed by atoms with Gasteiger partial charge in [-0.15, -0.1) is 11.3 Å². The van der Waals surface area contributed by atoms with E-state index in [1.165, 1.54) is 17.0 Å². The van der Waals surface area contributed by atoms with E-state index < -0.39 is 0 Å². The van der Waals surface area contributed by atoms with Crippen molar-refractivity contribution in [2.45, 2.75) is 33.1 Å². The maximum Gasteiger partial charge on any atom is 0.227 e. The summed E-state index contributed by atoms with van der Waals surface area (Å²) in [4.78, 5) is 35.0. The Morgan fingerprint density at radius 3 is 2.53 bits per heavy atom. The van der Waals surface area contributed by atoms with Crippen LogP contribution in [0.2, 0.25) is 0 Å². The Morgan fingerprint density at radius 2 is 1.87 bits per heavy atom. The first-order valence-corrected chi connectivity index (χ1v) is 11.3. The molecule has 1 aromatic heterocycles. The van der Waals surface area contributed by atoms with Crippen molar-refractivity contribution in [3.63, 3.8) is 0 Å². The van der Waals surface area contributed by atoms with Gasteiger partial charge in [-0.05, 0) is 43.5 Å². The number of nitrogens with one attached hydrogen (secondary N) is 1. The number of hydrogen-bond donors (Lipinski definition) is 1. The SMILES string of the molecule is CC(C)C(=O)N1CCN(c2nc3c(s2)C[C@H](C(=O)Nc2ccc(F)cc2)CC3)CC1. The summed E-state index contributed by atoms with van der Waals surface area (Å²) in [5.41, 5.74) is 1.72. The van der Waals surface area contributed by atoms with Gasteiger partial charge in [0, 0.05) is 48.6 Å². The lowest BCUT2D eigenvalue weighted by Crippen LogP contribution is -2.49. The number of anilines is 2. The number of carbonyl (C=O) groups excluding carboxylic acids is 2. The van der Waals surface area contributed by atoms with Crippen LogP contribution < -0.4 is 10.2 Å². The molecule has 6 nitrogen and oxygen atoms in total. The number of halogens is 1. The first-order chi connectivity index (χ1) is 14.4. The number of amides is 2. The molecule has 8 heteroatoms. The molecule has 2 amide bonds. The van der Waals surface area contributed by atoms with E-state index in [-0.39, 0.29) is 29.5 Å². The van der Waals surface area contributed by atoms with Crippen molar-refractivity contribution in [2.24, 2.45) is 11.8 Å². The third kappa shape index (κ3) is 4.48. The number of nitrogens with zero attached hydrogens (tertiary/aromatic N) is 3. The summed E-state index contributed by atoms with van der Waals surface area (Å²) in [5.74, 6) is -0.203. The zero-order chi connectivity index (χ0) is 21.3. The van der Waals surface area contributed by atoms with Crippen molar-refractivity contribution in [1.82, 2.24) is 9.88 Å². The van der Waals surface area contributed by atoms with E-state index in [1.54, 1.807) is 23.5 Å². The number of rotatable bonds is 4. The Labute approximate surface area is 180 Å². The summed E-state index contributed by atoms with van der Waals surface area (Å²) < 4.78 is 13.1. The van der Waals surface area contributed by atoms with Gasteiger partial charge in [-0.25, -0.2) is 9.37 Å². The molecule has 0 bridgehead atoms. The lowest BCUT2D eigenvalue weighted by Gasteiger charge is -2.35. The van der Waals surface area contributed by atoms with Crippen molar-refractivity contribution >= 4 is 34.0 Å². The molecule has 2 aliphatic rings. The molecule has 1 aromatic carbocycles. The predicted octanol–water partition coefficient (Wildman–Crippen LogP) is 3.33. The summed E-state index contributed by atoms with van der Waals surface area (Å²) in [6, 6.07) is 5.85. The van der Waals surface area contributed by atoms with Gasteiger partial charge in [0.05, 0.1) is 5.69 Å². The minimum absolute atomic E-state index is 0.0250. The molecule has 2 aromatic rings. The number of hydrogen-bond acceptors (Lipinski definition) is 5. The van der Waals surface area contributed by atoms with E-state index in [0.29, 0.717) is 12.1 Å². The fourth-order valence-electron chi connectivity index (χ4n) is 3.98. The van der Waals surface area contributed by atoms with Crippen LogP contribution in [-0.4, -0.2) is 47.9 Å². The standard InChI is InChI=1S/C22H27FN4O2S/c1-14(2)21(29)26-9-11-27(12-10-26)22-25-18-8-3-15(13-19(18)30-22)20(28)24-17-6-4-16(23)5-7-17/h4-7,14-15H,3,8-13H2,1-2H3,(H,24,28)/t15-/m1/s1. The zero-order valence-electron chi connectivity index (χ0n) is 17.4. The Hall–Kier alpha value is -2.48. The summed E-state index contributed by atoms with van der Waals surface area (Å²) in [5, 5.41) is 3.89. The lowest BCUT2D eigenvalue weighted by molar-refractivity contribution is -0.134. The minimum Gasteiger partial charge on any atom is -0.345 e. The number of fused-ring (bicyclic) bond motifs is 1. The fourth-order valence-corrected chi connectivity index (χ4v) is 5.22. The molecular formula is C22H27FN4O2S. The first-order valence-electron chi connectivity index (χ1n) is 10.5. The molecule has 1 saturated heterocycles. The maximum atomic E-state index is 13.1. The molecule has 1 N–H and O–H groups in total. The van der Waals surface area contributed by atoms with Gasteiger partial charge < -0.3 is 15.1 Å². The van der Waals surface area contributed by atoms with Crippen LogP contribution in [0.15, 0.2) is 24.3 Å². The summed E-state index contributed by atoms with van der Waals surface area (Å²) >= 11 is 1.67. The number of carbonyl (C=O) groups is 2. The zero-order valence-corrected chi connectivity index (χ0v) is 18.2. The largest absolute Gasteiger partial charge is 0.345 e. The second-order valence-electron chi connectivity index (χ2n) is 8.27. The highest BCUT2D eigenvalue weighted by Gasteiger charge is 2.30. The van der Waals surface area contributed by atoms with Gasteiger partial charge in [0.15, 0.2) is 5.13 Å². The van der Waals surface area contributed by atoms with Crippen LogP contribution >= 0.6 is 11.3 Å².